The van der Waals surface area contributed by atoms with Crippen molar-refractivity contribution >= 4 is 28.4 Å². The molecule has 1 unspecified atom stereocenters. The van der Waals surface area contributed by atoms with Crippen LogP contribution < -0.4 is 5.56 Å². The molecule has 0 N–H and O–H groups in total. The second kappa shape index (κ2) is 10.1. The quantitative estimate of drug-likeness (QED) is 0.415. The second-order valence-corrected chi connectivity index (χ2v) is 9.59. The summed E-state index contributed by atoms with van der Waals surface area (Å²) >= 11 is 6.21. The molecule has 1 saturated carbocycles. The van der Waals surface area contributed by atoms with E-state index in [0.29, 0.717) is 40.6 Å². The van der Waals surface area contributed by atoms with E-state index in [1.54, 1.807) is 22.8 Å². The van der Waals surface area contributed by atoms with Crippen molar-refractivity contribution in [1.29, 1.82) is 0 Å². The van der Waals surface area contributed by atoms with Crippen LogP contribution in [-0.2, 0) is 4.79 Å². The number of aromatic nitrogens is 2. The zero-order valence-electron chi connectivity index (χ0n) is 19.7. The molecule has 1 aliphatic carbocycles. The molecule has 6 heteroatoms. The molecular weight excluding hydrogens is 434 g/mol. The molecule has 1 aromatic heterocycles. The minimum Gasteiger partial charge on any atom is -0.333 e. The number of benzene rings is 2. The fraction of sp³-hybridized carbons (Fsp3) is 0.444. The van der Waals surface area contributed by atoms with Gasteiger partial charge < -0.3 is 4.90 Å². The van der Waals surface area contributed by atoms with Gasteiger partial charge in [-0.15, -0.1) is 0 Å². The number of halogens is 1. The number of aryl methyl sites for hydroxylation is 1. The Labute approximate surface area is 200 Å². The van der Waals surface area contributed by atoms with Crippen LogP contribution in [0.15, 0.2) is 47.3 Å². The lowest BCUT2D eigenvalue weighted by atomic mass is 10.0. The fourth-order valence-corrected chi connectivity index (χ4v) is 5.14. The molecule has 5 nitrogen and oxygen atoms in total. The number of rotatable bonds is 7. The molecule has 1 heterocycles. The smallest absolute Gasteiger partial charge is 0.266 e. The third-order valence-electron chi connectivity index (χ3n) is 6.89. The highest BCUT2D eigenvalue weighted by Gasteiger charge is 2.27. The zero-order valence-corrected chi connectivity index (χ0v) is 20.4. The summed E-state index contributed by atoms with van der Waals surface area (Å²) in [6, 6.07) is 12.6. The van der Waals surface area contributed by atoms with Crippen molar-refractivity contribution in [2.24, 2.45) is 5.92 Å². The SMILES string of the molecule is CCN(C(=O)CCC1CCCC1)C(C)c1nc2cc(Cl)ccc2c(=O)n1-c1ccc(C)cc1. The minimum atomic E-state index is -0.358. The zero-order chi connectivity index (χ0) is 23.5. The summed E-state index contributed by atoms with van der Waals surface area (Å²) < 4.78 is 1.65. The molecule has 0 bridgehead atoms. The van der Waals surface area contributed by atoms with Crippen LogP contribution in [0, 0.1) is 12.8 Å². The first-order valence-electron chi connectivity index (χ1n) is 12.0. The molecule has 0 saturated heterocycles. The van der Waals surface area contributed by atoms with E-state index in [4.69, 9.17) is 16.6 Å². The van der Waals surface area contributed by atoms with Gasteiger partial charge in [0.25, 0.3) is 5.56 Å². The molecular formula is C27H32ClN3O2. The maximum atomic E-state index is 13.6. The van der Waals surface area contributed by atoms with Gasteiger partial charge in [0.2, 0.25) is 5.91 Å². The maximum absolute atomic E-state index is 13.6. The molecule has 3 aromatic rings. The molecule has 1 amide bonds. The summed E-state index contributed by atoms with van der Waals surface area (Å²) in [6.45, 7) is 6.51. The highest BCUT2D eigenvalue weighted by atomic mass is 35.5. The highest BCUT2D eigenvalue weighted by molar-refractivity contribution is 6.31. The standard InChI is InChI=1S/C27H32ClN3O2/c1-4-30(25(32)16-11-20-7-5-6-8-20)19(3)26-29-24-17-21(28)12-15-23(24)27(33)31(26)22-13-9-18(2)10-14-22/h9-10,12-15,17,19-20H,4-8,11,16H2,1-3H3. The van der Waals surface area contributed by atoms with E-state index in [9.17, 15) is 9.59 Å². The maximum Gasteiger partial charge on any atom is 0.266 e. The molecule has 2 aromatic carbocycles. The van der Waals surface area contributed by atoms with Gasteiger partial charge in [-0.2, -0.15) is 0 Å². The first-order chi connectivity index (χ1) is 15.9. The number of hydrogen-bond donors (Lipinski definition) is 0. The van der Waals surface area contributed by atoms with Gasteiger partial charge in [-0.3, -0.25) is 14.2 Å². The van der Waals surface area contributed by atoms with Crippen LogP contribution in [0.2, 0.25) is 5.02 Å². The van der Waals surface area contributed by atoms with E-state index < -0.39 is 0 Å². The van der Waals surface area contributed by atoms with E-state index >= 15 is 0 Å². The van der Waals surface area contributed by atoms with Gasteiger partial charge in [0, 0.05) is 18.0 Å². The summed E-state index contributed by atoms with van der Waals surface area (Å²) in [5.41, 5.74) is 2.24. The van der Waals surface area contributed by atoms with Crippen LogP contribution in [0.1, 0.15) is 69.8 Å². The van der Waals surface area contributed by atoms with Crippen LogP contribution in [0.25, 0.3) is 16.6 Å². The molecule has 1 atom stereocenters. The topological polar surface area (TPSA) is 55.2 Å². The Hall–Kier alpha value is -2.66. The first kappa shape index (κ1) is 23.5. The van der Waals surface area contributed by atoms with Crippen molar-refractivity contribution in [1.82, 2.24) is 14.5 Å². The monoisotopic (exact) mass is 465 g/mol. The third-order valence-corrected chi connectivity index (χ3v) is 7.13. The van der Waals surface area contributed by atoms with Crippen LogP contribution >= 0.6 is 11.6 Å². The third kappa shape index (κ3) is 4.98. The lowest BCUT2D eigenvalue weighted by molar-refractivity contribution is -0.133. The predicted octanol–water partition coefficient (Wildman–Crippen LogP) is 6.23. The molecule has 1 aliphatic rings. The van der Waals surface area contributed by atoms with Crippen molar-refractivity contribution in [2.45, 2.75) is 65.3 Å². The van der Waals surface area contributed by atoms with Gasteiger partial charge >= 0.3 is 0 Å². The first-order valence-corrected chi connectivity index (χ1v) is 12.4. The predicted molar refractivity (Wildman–Crippen MR) is 134 cm³/mol. The Morgan fingerprint density at radius 3 is 2.55 bits per heavy atom. The van der Waals surface area contributed by atoms with Crippen LogP contribution in [0.5, 0.6) is 0 Å². The number of fused-ring (bicyclic) bond motifs is 1. The summed E-state index contributed by atoms with van der Waals surface area (Å²) in [5.74, 6) is 1.33. The van der Waals surface area contributed by atoms with Gasteiger partial charge in [-0.1, -0.05) is 55.0 Å². The number of amides is 1. The van der Waals surface area contributed by atoms with Crippen LogP contribution in [0.3, 0.4) is 0 Å². The van der Waals surface area contributed by atoms with Gasteiger partial charge in [-0.25, -0.2) is 4.98 Å². The summed E-state index contributed by atoms with van der Waals surface area (Å²) in [7, 11) is 0. The Balaban J connectivity index is 1.76. The number of hydrogen-bond acceptors (Lipinski definition) is 3. The Morgan fingerprint density at radius 1 is 1.18 bits per heavy atom. The molecule has 174 valence electrons. The summed E-state index contributed by atoms with van der Waals surface area (Å²) in [5, 5.41) is 1.03. The van der Waals surface area contributed by atoms with Crippen molar-refractivity contribution < 1.29 is 4.79 Å². The van der Waals surface area contributed by atoms with Gasteiger partial charge in [0.1, 0.15) is 5.82 Å². The van der Waals surface area contributed by atoms with E-state index in [1.165, 1.54) is 25.7 Å². The molecule has 1 fully saturated rings. The van der Waals surface area contributed by atoms with Crippen molar-refractivity contribution in [3.8, 4) is 5.69 Å². The number of nitrogens with zero attached hydrogens (tertiary/aromatic N) is 3. The van der Waals surface area contributed by atoms with Gasteiger partial charge in [0.15, 0.2) is 0 Å². The molecule has 0 aliphatic heterocycles. The molecule has 4 rings (SSSR count). The molecule has 0 spiro atoms. The van der Waals surface area contributed by atoms with E-state index in [1.807, 2.05) is 49.9 Å². The Kier molecular flexibility index (Phi) is 7.18. The van der Waals surface area contributed by atoms with Crippen LogP contribution in [-0.4, -0.2) is 26.9 Å². The average Bonchev–Trinajstić information content (AvgIpc) is 3.32. The van der Waals surface area contributed by atoms with E-state index in [0.717, 1.165) is 17.7 Å². The second-order valence-electron chi connectivity index (χ2n) is 9.15. The van der Waals surface area contributed by atoms with Gasteiger partial charge in [-0.05, 0) is 63.4 Å². The van der Waals surface area contributed by atoms with Crippen molar-refractivity contribution in [3.63, 3.8) is 0 Å². The van der Waals surface area contributed by atoms with Crippen molar-refractivity contribution in [3.05, 3.63) is 69.2 Å². The number of carbonyl (C=O) groups is 1. The Bertz CT molecular complexity index is 1200. The summed E-state index contributed by atoms with van der Waals surface area (Å²) in [4.78, 5) is 33.6. The lowest BCUT2D eigenvalue weighted by Crippen LogP contribution is -2.37. The summed E-state index contributed by atoms with van der Waals surface area (Å²) in [6.07, 6.45) is 6.49. The minimum absolute atomic E-state index is 0.118. The van der Waals surface area contributed by atoms with Crippen LogP contribution in [0.4, 0.5) is 0 Å². The van der Waals surface area contributed by atoms with E-state index in [-0.39, 0.29) is 17.5 Å². The Morgan fingerprint density at radius 2 is 1.88 bits per heavy atom. The molecule has 0 radical (unpaired) electrons. The highest BCUT2D eigenvalue weighted by Crippen LogP contribution is 2.30. The fourth-order valence-electron chi connectivity index (χ4n) is 4.98. The average molecular weight is 466 g/mol. The normalized spacial score (nSPS) is 15.2. The molecule has 33 heavy (non-hydrogen) atoms. The number of carbonyl (C=O) groups excluding carboxylic acids is 1. The van der Waals surface area contributed by atoms with Crippen molar-refractivity contribution in [2.75, 3.05) is 6.54 Å². The van der Waals surface area contributed by atoms with E-state index in [2.05, 4.69) is 0 Å². The lowest BCUT2D eigenvalue weighted by Gasteiger charge is -2.30. The van der Waals surface area contributed by atoms with Gasteiger partial charge in [0.05, 0.1) is 22.6 Å². The largest absolute Gasteiger partial charge is 0.333 e.